The van der Waals surface area contributed by atoms with Gasteiger partial charge in [0.05, 0.1) is 7.11 Å². The summed E-state index contributed by atoms with van der Waals surface area (Å²) in [5, 5.41) is 5.41. The van der Waals surface area contributed by atoms with Gasteiger partial charge >= 0.3 is 6.03 Å². The van der Waals surface area contributed by atoms with E-state index in [4.69, 9.17) is 4.74 Å². The number of amides is 2. The van der Waals surface area contributed by atoms with Crippen molar-refractivity contribution < 1.29 is 17.9 Å². The van der Waals surface area contributed by atoms with E-state index in [9.17, 15) is 13.2 Å². The Balaban J connectivity index is 1.63. The smallest absolute Gasteiger partial charge is 0.319 e. The number of sulfonamides is 1. The lowest BCUT2D eigenvalue weighted by atomic mass is 10.3. The molecular weight excluding hydrogens is 472 g/mol. The van der Waals surface area contributed by atoms with Gasteiger partial charge in [-0.25, -0.2) is 13.2 Å². The van der Waals surface area contributed by atoms with Gasteiger partial charge in [0, 0.05) is 34.8 Å². The van der Waals surface area contributed by atoms with Gasteiger partial charge in [0.25, 0.3) is 10.0 Å². The van der Waals surface area contributed by atoms with Crippen LogP contribution in [0.4, 0.5) is 16.2 Å². The van der Waals surface area contributed by atoms with Crippen molar-refractivity contribution in [3.63, 3.8) is 0 Å². The average molecular weight is 491 g/mol. The molecule has 0 fully saturated rings. The van der Waals surface area contributed by atoms with E-state index in [1.54, 1.807) is 54.9 Å². The lowest BCUT2D eigenvalue weighted by Crippen LogP contribution is -2.28. The van der Waals surface area contributed by atoms with Crippen molar-refractivity contribution in [1.82, 2.24) is 10.3 Å². The van der Waals surface area contributed by atoms with Crippen LogP contribution in [0.5, 0.6) is 5.75 Å². The topological polar surface area (TPSA) is 109 Å². The molecule has 156 valence electrons. The normalized spacial score (nSPS) is 10.9. The second kappa shape index (κ2) is 9.59. The summed E-state index contributed by atoms with van der Waals surface area (Å²) < 4.78 is 33.7. The van der Waals surface area contributed by atoms with E-state index in [0.29, 0.717) is 22.4 Å². The van der Waals surface area contributed by atoms with Gasteiger partial charge in [-0.1, -0.05) is 22.0 Å². The van der Waals surface area contributed by atoms with Gasteiger partial charge in [-0.15, -0.1) is 0 Å². The fourth-order valence-electron chi connectivity index (χ4n) is 2.55. The van der Waals surface area contributed by atoms with E-state index in [0.717, 1.165) is 5.56 Å². The lowest BCUT2D eigenvalue weighted by molar-refractivity contribution is 0.251. The van der Waals surface area contributed by atoms with Crippen LogP contribution in [0.25, 0.3) is 0 Å². The maximum Gasteiger partial charge on any atom is 0.319 e. The lowest BCUT2D eigenvalue weighted by Gasteiger charge is -2.13. The maximum absolute atomic E-state index is 12.7. The molecule has 0 unspecified atom stereocenters. The van der Waals surface area contributed by atoms with Crippen molar-refractivity contribution in [2.24, 2.45) is 0 Å². The number of hydrogen-bond donors (Lipinski definition) is 3. The highest BCUT2D eigenvalue weighted by molar-refractivity contribution is 9.10. The van der Waals surface area contributed by atoms with Crippen molar-refractivity contribution in [2.45, 2.75) is 11.4 Å². The predicted octanol–water partition coefficient (Wildman–Crippen LogP) is 3.98. The van der Waals surface area contributed by atoms with E-state index in [-0.39, 0.29) is 16.7 Å². The largest absolute Gasteiger partial charge is 0.495 e. The number of rotatable bonds is 7. The minimum atomic E-state index is -3.86. The molecule has 3 aromatic rings. The van der Waals surface area contributed by atoms with E-state index in [2.05, 4.69) is 36.3 Å². The summed E-state index contributed by atoms with van der Waals surface area (Å²) in [6.45, 7) is 0.339. The number of nitrogens with zero attached hydrogens (tertiary/aromatic N) is 1. The van der Waals surface area contributed by atoms with E-state index in [1.807, 2.05) is 6.07 Å². The first-order valence-electron chi connectivity index (χ1n) is 8.77. The molecule has 10 heteroatoms. The molecule has 0 atom stereocenters. The van der Waals surface area contributed by atoms with Crippen molar-refractivity contribution in [2.75, 3.05) is 17.1 Å². The molecular formula is C20H19BrN4O4S. The van der Waals surface area contributed by atoms with Gasteiger partial charge in [-0.05, 0) is 54.1 Å². The summed E-state index contributed by atoms with van der Waals surface area (Å²) in [5.74, 6) is 0.231. The molecule has 0 aliphatic carbocycles. The maximum atomic E-state index is 12.7. The third-order valence-electron chi connectivity index (χ3n) is 3.99. The molecule has 30 heavy (non-hydrogen) atoms. The summed E-state index contributed by atoms with van der Waals surface area (Å²) >= 11 is 3.27. The van der Waals surface area contributed by atoms with Crippen LogP contribution in [0.2, 0.25) is 0 Å². The van der Waals surface area contributed by atoms with Crippen LogP contribution in [0.1, 0.15) is 5.56 Å². The molecule has 2 aromatic carbocycles. The van der Waals surface area contributed by atoms with Gasteiger partial charge in [0.1, 0.15) is 10.6 Å². The fraction of sp³-hybridized carbons (Fsp3) is 0.100. The van der Waals surface area contributed by atoms with Gasteiger partial charge in [0.2, 0.25) is 0 Å². The molecule has 3 N–H and O–H groups in total. The Morgan fingerprint density at radius 3 is 2.50 bits per heavy atom. The number of hydrogen-bond acceptors (Lipinski definition) is 5. The predicted molar refractivity (Wildman–Crippen MR) is 118 cm³/mol. The summed E-state index contributed by atoms with van der Waals surface area (Å²) in [4.78, 5) is 16.0. The molecule has 0 saturated carbocycles. The van der Waals surface area contributed by atoms with Crippen molar-refractivity contribution in [3.05, 3.63) is 77.0 Å². The number of benzene rings is 2. The minimum absolute atomic E-state index is 0.0105. The number of ether oxygens (including phenoxy) is 1. The third-order valence-corrected chi connectivity index (χ3v) is 5.88. The second-order valence-corrected chi connectivity index (χ2v) is 8.71. The molecule has 0 aliphatic rings. The number of nitrogens with one attached hydrogen (secondary N) is 3. The van der Waals surface area contributed by atoms with E-state index < -0.39 is 10.0 Å². The number of halogens is 1. The Bertz CT molecular complexity index is 1120. The summed E-state index contributed by atoms with van der Waals surface area (Å²) in [6, 6.07) is 14.3. The molecule has 2 amide bonds. The van der Waals surface area contributed by atoms with Crippen LogP contribution in [0.15, 0.2) is 76.4 Å². The Kier molecular flexibility index (Phi) is 6.91. The van der Waals surface area contributed by atoms with Crippen LogP contribution in [-0.2, 0) is 16.6 Å². The Morgan fingerprint density at radius 1 is 1.10 bits per heavy atom. The quantitative estimate of drug-likeness (QED) is 0.464. The number of pyridine rings is 1. The molecule has 8 nitrogen and oxygen atoms in total. The third kappa shape index (κ3) is 5.71. The SMILES string of the molecule is COc1ccc(Br)cc1S(=O)(=O)Nc1ccc(NC(=O)NCc2cccnc2)cc1. The van der Waals surface area contributed by atoms with Crippen LogP contribution >= 0.6 is 15.9 Å². The monoisotopic (exact) mass is 490 g/mol. The van der Waals surface area contributed by atoms with Crippen LogP contribution in [-0.4, -0.2) is 26.5 Å². The molecule has 3 rings (SSSR count). The van der Waals surface area contributed by atoms with Crippen molar-refractivity contribution in [1.29, 1.82) is 0 Å². The van der Waals surface area contributed by atoms with Gasteiger partial charge in [-0.2, -0.15) is 0 Å². The standard InChI is InChI=1S/C20H19BrN4O4S/c1-29-18-9-4-15(21)11-19(18)30(27,28)25-17-7-5-16(6-8-17)24-20(26)23-13-14-3-2-10-22-12-14/h2-12,25H,13H2,1H3,(H2,23,24,26). The zero-order chi connectivity index (χ0) is 21.6. The number of urea groups is 1. The molecule has 0 aliphatic heterocycles. The number of aromatic nitrogens is 1. The van der Waals surface area contributed by atoms with Crippen LogP contribution < -0.4 is 20.1 Å². The number of anilines is 2. The van der Waals surface area contributed by atoms with Gasteiger partial charge in [-0.3, -0.25) is 9.71 Å². The summed E-state index contributed by atoms with van der Waals surface area (Å²) in [5.41, 5.74) is 1.74. The number of carbonyl (C=O) groups is 1. The first-order chi connectivity index (χ1) is 14.4. The first kappa shape index (κ1) is 21.6. The number of carbonyl (C=O) groups excluding carboxylic acids is 1. The van der Waals surface area contributed by atoms with Crippen molar-refractivity contribution in [3.8, 4) is 5.75 Å². The minimum Gasteiger partial charge on any atom is -0.495 e. The Hall–Kier alpha value is -3.11. The summed E-state index contributed by atoms with van der Waals surface area (Å²) in [7, 11) is -2.46. The molecule has 0 bridgehead atoms. The molecule has 0 spiro atoms. The highest BCUT2D eigenvalue weighted by Gasteiger charge is 2.20. The Labute approximate surface area is 182 Å². The average Bonchev–Trinajstić information content (AvgIpc) is 2.74. The first-order valence-corrected chi connectivity index (χ1v) is 11.1. The van der Waals surface area contributed by atoms with Crippen LogP contribution in [0, 0.1) is 0 Å². The zero-order valence-electron chi connectivity index (χ0n) is 15.9. The van der Waals surface area contributed by atoms with Crippen molar-refractivity contribution >= 4 is 43.4 Å². The Morgan fingerprint density at radius 2 is 1.83 bits per heavy atom. The summed E-state index contributed by atoms with van der Waals surface area (Å²) in [6.07, 6.45) is 3.33. The molecule has 0 radical (unpaired) electrons. The second-order valence-electron chi connectivity index (χ2n) is 6.15. The molecule has 1 heterocycles. The molecule has 0 saturated heterocycles. The highest BCUT2D eigenvalue weighted by Crippen LogP contribution is 2.29. The highest BCUT2D eigenvalue weighted by atomic mass is 79.9. The number of methoxy groups -OCH3 is 1. The van der Waals surface area contributed by atoms with E-state index in [1.165, 1.54) is 13.2 Å². The zero-order valence-corrected chi connectivity index (χ0v) is 18.3. The van der Waals surface area contributed by atoms with Gasteiger partial charge < -0.3 is 15.4 Å². The van der Waals surface area contributed by atoms with E-state index >= 15 is 0 Å². The fourth-order valence-corrected chi connectivity index (χ4v) is 4.32. The molecule has 1 aromatic heterocycles. The van der Waals surface area contributed by atoms with Gasteiger partial charge in [0.15, 0.2) is 0 Å². The van der Waals surface area contributed by atoms with Crippen LogP contribution in [0.3, 0.4) is 0 Å².